The summed E-state index contributed by atoms with van der Waals surface area (Å²) in [6, 6.07) is 0. The first-order valence-electron chi connectivity index (χ1n) is 5.77. The maximum atomic E-state index is 11.2. The van der Waals surface area contributed by atoms with Crippen molar-refractivity contribution in [2.24, 2.45) is 0 Å². The summed E-state index contributed by atoms with van der Waals surface area (Å²) in [5.41, 5.74) is 0.426. The molecule has 0 bridgehead atoms. The Hall–Kier alpha value is -1.31. The van der Waals surface area contributed by atoms with Crippen molar-refractivity contribution < 1.29 is 9.53 Å². The molecule has 0 heterocycles. The fourth-order valence-corrected chi connectivity index (χ4v) is 1.06. The van der Waals surface area contributed by atoms with Gasteiger partial charge in [0.15, 0.2) is 0 Å². The Morgan fingerprint density at radius 3 is 2.38 bits per heavy atom. The summed E-state index contributed by atoms with van der Waals surface area (Å²) in [5.74, 6) is 0.298. The molecule has 0 aromatic heterocycles. The van der Waals surface area contributed by atoms with Gasteiger partial charge in [-0.25, -0.2) is 4.79 Å². The van der Waals surface area contributed by atoms with Crippen molar-refractivity contribution in [3.8, 4) is 0 Å². The van der Waals surface area contributed by atoms with Gasteiger partial charge >= 0.3 is 5.97 Å². The summed E-state index contributed by atoms with van der Waals surface area (Å²) in [7, 11) is 0. The van der Waals surface area contributed by atoms with Gasteiger partial charge in [-0.15, -0.1) is 0 Å². The van der Waals surface area contributed by atoms with Crippen LogP contribution < -0.4 is 0 Å². The van der Waals surface area contributed by atoms with E-state index in [9.17, 15) is 4.79 Å². The van der Waals surface area contributed by atoms with Crippen LogP contribution in [0.4, 0.5) is 0 Å². The Kier molecular flexibility index (Phi) is 8.22. The Morgan fingerprint density at radius 2 is 1.81 bits per heavy atom. The molecular formula is C14H22O2. The Balaban J connectivity index is 3.79. The van der Waals surface area contributed by atoms with Crippen LogP contribution in [-0.2, 0) is 9.53 Å². The first-order chi connectivity index (χ1) is 7.57. The largest absolute Gasteiger partial charge is 0.428 e. The van der Waals surface area contributed by atoms with Crippen LogP contribution in [-0.4, -0.2) is 5.97 Å². The van der Waals surface area contributed by atoms with Crippen LogP contribution in [0.25, 0.3) is 0 Å². The van der Waals surface area contributed by atoms with E-state index in [4.69, 9.17) is 4.74 Å². The Labute approximate surface area is 98.7 Å². The third-order valence-corrected chi connectivity index (χ3v) is 1.99. The topological polar surface area (TPSA) is 26.3 Å². The number of hydrogen-bond acceptors (Lipinski definition) is 2. The van der Waals surface area contributed by atoms with E-state index < -0.39 is 0 Å². The number of carbonyl (C=O) groups is 1. The normalized spacial score (nSPS) is 11.8. The Morgan fingerprint density at radius 1 is 1.19 bits per heavy atom. The lowest BCUT2D eigenvalue weighted by atomic mass is 10.2. The van der Waals surface area contributed by atoms with E-state index in [1.807, 2.05) is 6.08 Å². The molecule has 0 saturated heterocycles. The first-order valence-corrected chi connectivity index (χ1v) is 5.77. The molecule has 0 N–H and O–H groups in total. The molecule has 0 amide bonds. The van der Waals surface area contributed by atoms with Crippen LogP contribution in [0, 0.1) is 0 Å². The summed E-state index contributed by atoms with van der Waals surface area (Å²) >= 11 is 0. The molecule has 0 aliphatic carbocycles. The molecule has 0 spiro atoms. The first kappa shape index (κ1) is 14.7. The molecule has 0 aromatic rings. The highest BCUT2D eigenvalue weighted by Gasteiger charge is 2.02. The molecule has 0 aliphatic heterocycles. The number of rotatable bonds is 7. The molecule has 0 atom stereocenters. The summed E-state index contributed by atoms with van der Waals surface area (Å²) in [4.78, 5) is 11.2. The zero-order valence-corrected chi connectivity index (χ0v) is 10.6. The fourth-order valence-electron chi connectivity index (χ4n) is 1.06. The van der Waals surface area contributed by atoms with Gasteiger partial charge in [0.05, 0.1) is 0 Å². The van der Waals surface area contributed by atoms with Gasteiger partial charge in [0, 0.05) is 5.57 Å². The van der Waals surface area contributed by atoms with Crippen molar-refractivity contribution in [3.63, 3.8) is 0 Å². The maximum Gasteiger partial charge on any atom is 0.338 e. The van der Waals surface area contributed by atoms with E-state index in [1.54, 1.807) is 13.8 Å². The summed E-state index contributed by atoms with van der Waals surface area (Å²) in [6.07, 6.45) is 10.5. The van der Waals surface area contributed by atoms with Crippen molar-refractivity contribution in [2.45, 2.75) is 46.5 Å². The molecule has 0 aliphatic rings. The van der Waals surface area contributed by atoms with Crippen LogP contribution >= 0.6 is 0 Å². The monoisotopic (exact) mass is 222 g/mol. The molecule has 0 rings (SSSR count). The van der Waals surface area contributed by atoms with E-state index in [0.717, 1.165) is 19.3 Å². The van der Waals surface area contributed by atoms with Crippen molar-refractivity contribution in [2.75, 3.05) is 0 Å². The molecule has 0 radical (unpaired) electrons. The highest BCUT2D eigenvalue weighted by atomic mass is 16.5. The predicted octanol–water partition coefficient (Wildman–Crippen LogP) is 4.15. The Bertz CT molecular complexity index is 285. The zero-order valence-electron chi connectivity index (χ0n) is 10.6. The number of hydrogen-bond donors (Lipinski definition) is 0. The lowest BCUT2D eigenvalue weighted by molar-refractivity contribution is -0.134. The maximum absolute atomic E-state index is 11.2. The molecule has 0 fully saturated rings. The van der Waals surface area contributed by atoms with Gasteiger partial charge in [0.1, 0.15) is 5.76 Å². The number of allylic oxidation sites excluding steroid dienone is 4. The molecule has 2 nitrogen and oxygen atoms in total. The third kappa shape index (κ3) is 8.04. The fraction of sp³-hybridized carbons (Fsp3) is 0.500. The van der Waals surface area contributed by atoms with E-state index in [0.29, 0.717) is 11.3 Å². The molecule has 0 unspecified atom stereocenters. The van der Waals surface area contributed by atoms with Crippen LogP contribution in [0.3, 0.4) is 0 Å². The minimum atomic E-state index is -0.352. The highest BCUT2D eigenvalue weighted by molar-refractivity contribution is 5.87. The van der Waals surface area contributed by atoms with Crippen LogP contribution in [0.1, 0.15) is 46.5 Å². The standard InChI is InChI=1S/C14H22O2/c1-5-6-7-8-9-10-11-13(4)16-14(15)12(2)3/h7-8,11H,2,5-6,9-10H2,1,3-4H3. The number of unbranched alkanes of at least 4 members (excludes halogenated alkanes) is 2. The number of ether oxygens (including phenoxy) is 1. The lowest BCUT2D eigenvalue weighted by Gasteiger charge is -2.02. The van der Waals surface area contributed by atoms with E-state index in [1.165, 1.54) is 6.42 Å². The highest BCUT2D eigenvalue weighted by Crippen LogP contribution is 2.04. The second-order valence-electron chi connectivity index (χ2n) is 3.82. The zero-order chi connectivity index (χ0) is 12.4. The average molecular weight is 222 g/mol. The van der Waals surface area contributed by atoms with Gasteiger partial charge in [0.25, 0.3) is 0 Å². The van der Waals surface area contributed by atoms with Gasteiger partial charge in [-0.05, 0) is 39.2 Å². The van der Waals surface area contributed by atoms with E-state index >= 15 is 0 Å². The average Bonchev–Trinajstić information content (AvgIpc) is 2.23. The number of esters is 1. The summed E-state index contributed by atoms with van der Waals surface area (Å²) < 4.78 is 5.04. The third-order valence-electron chi connectivity index (χ3n) is 1.99. The van der Waals surface area contributed by atoms with E-state index in [-0.39, 0.29) is 5.97 Å². The van der Waals surface area contributed by atoms with Crippen molar-refractivity contribution in [1.29, 1.82) is 0 Å². The van der Waals surface area contributed by atoms with Gasteiger partial charge in [-0.3, -0.25) is 0 Å². The minimum absolute atomic E-state index is 0.352. The van der Waals surface area contributed by atoms with Crippen LogP contribution in [0.5, 0.6) is 0 Å². The van der Waals surface area contributed by atoms with Crippen molar-refractivity contribution in [1.82, 2.24) is 0 Å². The van der Waals surface area contributed by atoms with Crippen molar-refractivity contribution >= 4 is 5.97 Å². The summed E-state index contributed by atoms with van der Waals surface area (Å²) in [5, 5.41) is 0. The SMILES string of the molecule is C=C(C)C(=O)OC(C)=CCCC=CCCC. The second-order valence-corrected chi connectivity index (χ2v) is 3.82. The lowest BCUT2D eigenvalue weighted by Crippen LogP contribution is -2.02. The van der Waals surface area contributed by atoms with Crippen LogP contribution in [0.2, 0.25) is 0 Å². The predicted molar refractivity (Wildman–Crippen MR) is 67.9 cm³/mol. The number of carbonyl (C=O) groups excluding carboxylic acids is 1. The van der Waals surface area contributed by atoms with E-state index in [2.05, 4.69) is 25.7 Å². The minimum Gasteiger partial charge on any atom is -0.428 e. The quantitative estimate of drug-likeness (QED) is 0.213. The molecule has 0 aromatic carbocycles. The molecule has 0 saturated carbocycles. The molecule has 90 valence electrons. The molecule has 2 heteroatoms. The van der Waals surface area contributed by atoms with Gasteiger partial charge in [0.2, 0.25) is 0 Å². The van der Waals surface area contributed by atoms with Gasteiger partial charge in [-0.2, -0.15) is 0 Å². The second kappa shape index (κ2) is 8.96. The smallest absolute Gasteiger partial charge is 0.338 e. The molecular weight excluding hydrogens is 200 g/mol. The van der Waals surface area contributed by atoms with Crippen molar-refractivity contribution in [3.05, 3.63) is 36.1 Å². The van der Waals surface area contributed by atoms with Gasteiger partial charge < -0.3 is 4.74 Å². The summed E-state index contributed by atoms with van der Waals surface area (Å²) in [6.45, 7) is 9.11. The van der Waals surface area contributed by atoms with Crippen LogP contribution in [0.15, 0.2) is 36.1 Å². The van der Waals surface area contributed by atoms with Gasteiger partial charge in [-0.1, -0.05) is 32.1 Å². The molecule has 16 heavy (non-hydrogen) atoms.